The van der Waals surface area contributed by atoms with Gasteiger partial charge in [0, 0.05) is 18.3 Å². The molecule has 0 bridgehead atoms. The Morgan fingerprint density at radius 1 is 1.18 bits per heavy atom. The van der Waals surface area contributed by atoms with E-state index >= 15 is 0 Å². The number of nitrogens with one attached hydrogen (secondary N) is 1. The number of ether oxygens (including phenoxy) is 3. The van der Waals surface area contributed by atoms with Crippen molar-refractivity contribution in [3.05, 3.63) is 47.7 Å². The summed E-state index contributed by atoms with van der Waals surface area (Å²) in [6.07, 6.45) is 6.66. The van der Waals surface area contributed by atoms with Crippen molar-refractivity contribution in [3.8, 4) is 17.4 Å². The predicted molar refractivity (Wildman–Crippen MR) is 109 cm³/mol. The van der Waals surface area contributed by atoms with Crippen molar-refractivity contribution in [2.75, 3.05) is 14.2 Å². The molecule has 3 N–H and O–H groups in total. The van der Waals surface area contributed by atoms with E-state index in [-0.39, 0.29) is 6.10 Å². The lowest BCUT2D eigenvalue weighted by Gasteiger charge is -2.15. The molecule has 0 spiro atoms. The molecule has 1 heterocycles. The SMILES string of the molecule is COc1ccc(CN=C(N)NCc2cccnc2OC2CCCC2)cc1OC. The molecule has 0 saturated heterocycles. The van der Waals surface area contributed by atoms with Crippen LogP contribution in [0.4, 0.5) is 0 Å². The minimum Gasteiger partial charge on any atom is -0.493 e. The van der Waals surface area contributed by atoms with Gasteiger partial charge in [-0.1, -0.05) is 12.1 Å². The summed E-state index contributed by atoms with van der Waals surface area (Å²) in [4.78, 5) is 8.78. The van der Waals surface area contributed by atoms with Crippen LogP contribution in [0.1, 0.15) is 36.8 Å². The van der Waals surface area contributed by atoms with Crippen LogP contribution in [0.5, 0.6) is 17.4 Å². The molecule has 0 aliphatic heterocycles. The van der Waals surface area contributed by atoms with E-state index in [9.17, 15) is 0 Å². The number of pyridine rings is 1. The zero-order valence-corrected chi connectivity index (χ0v) is 16.5. The van der Waals surface area contributed by atoms with Gasteiger partial charge in [0.15, 0.2) is 17.5 Å². The third kappa shape index (κ3) is 5.28. The highest BCUT2D eigenvalue weighted by Gasteiger charge is 2.18. The van der Waals surface area contributed by atoms with E-state index in [0.29, 0.717) is 36.4 Å². The van der Waals surface area contributed by atoms with Gasteiger partial charge in [0.05, 0.1) is 20.8 Å². The summed E-state index contributed by atoms with van der Waals surface area (Å²) < 4.78 is 16.6. The molecule has 0 atom stereocenters. The van der Waals surface area contributed by atoms with E-state index in [1.807, 2.05) is 30.3 Å². The maximum atomic E-state index is 6.06. The van der Waals surface area contributed by atoms with Gasteiger partial charge in [-0.2, -0.15) is 0 Å². The third-order valence-electron chi connectivity index (χ3n) is 4.77. The summed E-state index contributed by atoms with van der Waals surface area (Å²) in [5, 5.41) is 3.14. The molecule has 7 heteroatoms. The highest BCUT2D eigenvalue weighted by molar-refractivity contribution is 5.77. The van der Waals surface area contributed by atoms with Crippen molar-refractivity contribution in [2.45, 2.75) is 44.9 Å². The maximum Gasteiger partial charge on any atom is 0.218 e. The fraction of sp³-hybridized carbons (Fsp3) is 0.429. The number of aliphatic imine (C=N–C) groups is 1. The number of guanidine groups is 1. The zero-order chi connectivity index (χ0) is 19.8. The Morgan fingerprint density at radius 3 is 2.71 bits per heavy atom. The molecule has 0 radical (unpaired) electrons. The Labute approximate surface area is 165 Å². The first kappa shape index (κ1) is 19.8. The molecule has 1 saturated carbocycles. The fourth-order valence-corrected chi connectivity index (χ4v) is 3.23. The summed E-state index contributed by atoms with van der Waals surface area (Å²) in [5.74, 6) is 2.40. The quantitative estimate of drug-likeness (QED) is 0.537. The first-order chi connectivity index (χ1) is 13.7. The van der Waals surface area contributed by atoms with Crippen LogP contribution >= 0.6 is 0 Å². The topological polar surface area (TPSA) is 91.0 Å². The second-order valence-corrected chi connectivity index (χ2v) is 6.74. The van der Waals surface area contributed by atoms with E-state index in [1.165, 1.54) is 12.8 Å². The molecule has 1 fully saturated rings. The van der Waals surface area contributed by atoms with E-state index in [2.05, 4.69) is 15.3 Å². The van der Waals surface area contributed by atoms with Crippen LogP contribution in [-0.2, 0) is 13.1 Å². The van der Waals surface area contributed by atoms with Crippen molar-refractivity contribution < 1.29 is 14.2 Å². The van der Waals surface area contributed by atoms with E-state index in [1.54, 1.807) is 20.4 Å². The van der Waals surface area contributed by atoms with Crippen molar-refractivity contribution in [2.24, 2.45) is 10.7 Å². The van der Waals surface area contributed by atoms with Crippen LogP contribution in [-0.4, -0.2) is 31.3 Å². The van der Waals surface area contributed by atoms with Crippen LogP contribution < -0.4 is 25.3 Å². The number of rotatable bonds is 8. The number of methoxy groups -OCH3 is 2. The van der Waals surface area contributed by atoms with Crippen LogP contribution in [0.25, 0.3) is 0 Å². The van der Waals surface area contributed by atoms with Crippen LogP contribution in [0, 0.1) is 0 Å². The number of hydrogen-bond acceptors (Lipinski definition) is 5. The van der Waals surface area contributed by atoms with Crippen molar-refractivity contribution >= 4 is 5.96 Å². The Balaban J connectivity index is 1.57. The van der Waals surface area contributed by atoms with Crippen molar-refractivity contribution in [1.29, 1.82) is 0 Å². The molecular weight excluding hydrogens is 356 g/mol. The number of nitrogens with two attached hydrogens (primary N) is 1. The summed E-state index contributed by atoms with van der Waals surface area (Å²) in [7, 11) is 3.22. The lowest BCUT2D eigenvalue weighted by atomic mass is 10.2. The average Bonchev–Trinajstić information content (AvgIpc) is 3.24. The molecule has 2 aromatic rings. The van der Waals surface area contributed by atoms with Gasteiger partial charge in [-0.15, -0.1) is 0 Å². The highest BCUT2D eigenvalue weighted by atomic mass is 16.5. The molecular formula is C21H28N4O3. The van der Waals surface area contributed by atoms with E-state index in [0.717, 1.165) is 24.0 Å². The monoisotopic (exact) mass is 384 g/mol. The normalized spacial score (nSPS) is 14.7. The Bertz CT molecular complexity index is 804. The number of aromatic nitrogens is 1. The molecule has 1 aliphatic carbocycles. The van der Waals surface area contributed by atoms with Gasteiger partial charge in [0.1, 0.15) is 6.10 Å². The largest absolute Gasteiger partial charge is 0.493 e. The van der Waals surface area contributed by atoms with Gasteiger partial charge in [-0.25, -0.2) is 9.98 Å². The van der Waals surface area contributed by atoms with E-state index in [4.69, 9.17) is 19.9 Å². The average molecular weight is 384 g/mol. The molecule has 1 aliphatic rings. The summed E-state index contributed by atoms with van der Waals surface area (Å²) in [6, 6.07) is 9.58. The van der Waals surface area contributed by atoms with Gasteiger partial charge < -0.3 is 25.3 Å². The fourth-order valence-electron chi connectivity index (χ4n) is 3.23. The lowest BCUT2D eigenvalue weighted by molar-refractivity contribution is 0.199. The molecule has 150 valence electrons. The molecule has 7 nitrogen and oxygen atoms in total. The van der Waals surface area contributed by atoms with Gasteiger partial charge in [0.2, 0.25) is 5.88 Å². The maximum absolute atomic E-state index is 6.06. The first-order valence-electron chi connectivity index (χ1n) is 9.55. The Kier molecular flexibility index (Phi) is 6.94. The molecule has 1 aromatic heterocycles. The second kappa shape index (κ2) is 9.82. The predicted octanol–water partition coefficient (Wildman–Crippen LogP) is 3.02. The van der Waals surface area contributed by atoms with Crippen LogP contribution in [0.15, 0.2) is 41.5 Å². The van der Waals surface area contributed by atoms with Gasteiger partial charge in [0.25, 0.3) is 0 Å². The second-order valence-electron chi connectivity index (χ2n) is 6.74. The molecule has 3 rings (SSSR count). The van der Waals surface area contributed by atoms with Crippen molar-refractivity contribution in [1.82, 2.24) is 10.3 Å². The number of benzene rings is 1. The standard InChI is InChI=1S/C21H28N4O3/c1-26-18-10-9-15(12-19(18)27-2)13-24-21(22)25-14-16-6-5-11-23-20(16)28-17-7-3-4-8-17/h5-6,9-12,17H,3-4,7-8,13-14H2,1-2H3,(H3,22,24,25). The summed E-state index contributed by atoms with van der Waals surface area (Å²) in [5.41, 5.74) is 7.98. The van der Waals surface area contributed by atoms with Crippen LogP contribution in [0.3, 0.4) is 0 Å². The number of hydrogen-bond donors (Lipinski definition) is 2. The smallest absolute Gasteiger partial charge is 0.218 e. The molecule has 28 heavy (non-hydrogen) atoms. The van der Waals surface area contributed by atoms with Crippen molar-refractivity contribution in [3.63, 3.8) is 0 Å². The molecule has 0 amide bonds. The lowest BCUT2D eigenvalue weighted by Crippen LogP contribution is -2.31. The summed E-state index contributed by atoms with van der Waals surface area (Å²) in [6.45, 7) is 0.953. The highest BCUT2D eigenvalue weighted by Crippen LogP contribution is 2.28. The number of nitrogens with zero attached hydrogens (tertiary/aromatic N) is 2. The van der Waals surface area contributed by atoms with Gasteiger partial charge >= 0.3 is 0 Å². The molecule has 1 aromatic carbocycles. The molecule has 0 unspecified atom stereocenters. The minimum absolute atomic E-state index is 0.268. The minimum atomic E-state index is 0.268. The Hall–Kier alpha value is -2.96. The van der Waals surface area contributed by atoms with E-state index < -0.39 is 0 Å². The zero-order valence-electron chi connectivity index (χ0n) is 16.5. The third-order valence-corrected chi connectivity index (χ3v) is 4.77. The van der Waals surface area contributed by atoms with Gasteiger partial charge in [-0.3, -0.25) is 0 Å². The first-order valence-corrected chi connectivity index (χ1v) is 9.55. The van der Waals surface area contributed by atoms with Crippen LogP contribution in [0.2, 0.25) is 0 Å². The summed E-state index contributed by atoms with van der Waals surface area (Å²) >= 11 is 0. The Morgan fingerprint density at radius 2 is 1.96 bits per heavy atom. The van der Waals surface area contributed by atoms with Gasteiger partial charge in [-0.05, 0) is 49.4 Å².